The van der Waals surface area contributed by atoms with Gasteiger partial charge in [-0.15, -0.1) is 11.3 Å². The summed E-state index contributed by atoms with van der Waals surface area (Å²) in [5.74, 6) is 1.04. The average Bonchev–Trinajstić information content (AvgIpc) is 3.25. The van der Waals surface area contributed by atoms with E-state index in [1.807, 2.05) is 6.20 Å². The Kier molecular flexibility index (Phi) is 5.26. The Hall–Kier alpha value is -1.99. The van der Waals surface area contributed by atoms with Crippen LogP contribution < -0.4 is 10.9 Å². The van der Waals surface area contributed by atoms with E-state index in [2.05, 4.69) is 15.2 Å². The normalized spacial score (nSPS) is 27.1. The van der Waals surface area contributed by atoms with Crippen molar-refractivity contribution in [3.8, 4) is 5.13 Å². The third-order valence-electron chi connectivity index (χ3n) is 6.87. The average molecular weight is 413 g/mol. The van der Waals surface area contributed by atoms with E-state index >= 15 is 0 Å². The number of aromatic nitrogens is 2. The molecule has 154 valence electrons. The van der Waals surface area contributed by atoms with E-state index in [1.54, 1.807) is 23.6 Å². The summed E-state index contributed by atoms with van der Waals surface area (Å²) in [5, 5.41) is 3.87. The molecule has 5 heterocycles. The van der Waals surface area contributed by atoms with Crippen LogP contribution in [0.1, 0.15) is 66.1 Å². The zero-order valence-corrected chi connectivity index (χ0v) is 17.5. The molecule has 6 rings (SSSR count). The maximum atomic E-state index is 12.9. The number of hydrogen-bond acceptors (Lipinski definition) is 5. The largest absolute Gasteiger partial charge is 0.348 e. The van der Waals surface area contributed by atoms with Crippen molar-refractivity contribution < 1.29 is 4.79 Å². The molecule has 0 spiro atoms. The van der Waals surface area contributed by atoms with Gasteiger partial charge in [0.25, 0.3) is 11.5 Å². The Bertz CT molecular complexity index is 938. The molecule has 1 N–H and O–H groups in total. The Balaban J connectivity index is 1.34. The van der Waals surface area contributed by atoms with Crippen LogP contribution in [0.25, 0.3) is 5.13 Å². The molecule has 6 nitrogen and oxygen atoms in total. The summed E-state index contributed by atoms with van der Waals surface area (Å²) in [6, 6.07) is 3.32. The van der Waals surface area contributed by atoms with Crippen LogP contribution in [0, 0.1) is 5.92 Å². The van der Waals surface area contributed by atoms with E-state index in [1.165, 1.54) is 47.6 Å². The van der Waals surface area contributed by atoms with E-state index < -0.39 is 0 Å². The lowest BCUT2D eigenvalue weighted by Crippen LogP contribution is -2.57. The van der Waals surface area contributed by atoms with Crippen molar-refractivity contribution in [2.45, 2.75) is 56.9 Å². The summed E-state index contributed by atoms with van der Waals surface area (Å²) in [6.07, 6.45) is 12.2. The molecule has 7 heteroatoms. The number of amides is 1. The quantitative estimate of drug-likeness (QED) is 0.838. The highest BCUT2D eigenvalue weighted by atomic mass is 32.1. The molecule has 0 aromatic carbocycles. The van der Waals surface area contributed by atoms with Gasteiger partial charge in [-0.1, -0.05) is 19.3 Å². The Morgan fingerprint density at radius 3 is 2.62 bits per heavy atom. The van der Waals surface area contributed by atoms with E-state index in [-0.39, 0.29) is 17.5 Å². The van der Waals surface area contributed by atoms with E-state index in [9.17, 15) is 9.59 Å². The Labute approximate surface area is 175 Å². The smallest absolute Gasteiger partial charge is 0.256 e. The number of rotatable bonds is 4. The molecule has 3 aliphatic heterocycles. The van der Waals surface area contributed by atoms with E-state index in [0.29, 0.717) is 22.5 Å². The molecule has 1 atom stereocenters. The number of carbonyl (C=O) groups is 1. The van der Waals surface area contributed by atoms with Crippen molar-refractivity contribution in [1.29, 1.82) is 0 Å². The lowest BCUT2D eigenvalue weighted by atomic mass is 9.84. The first-order valence-electron chi connectivity index (χ1n) is 10.9. The fourth-order valence-corrected chi connectivity index (χ4v) is 6.18. The first kappa shape index (κ1) is 19.0. The zero-order valence-electron chi connectivity index (χ0n) is 16.7. The van der Waals surface area contributed by atoms with Gasteiger partial charge in [-0.3, -0.25) is 14.2 Å². The first-order chi connectivity index (χ1) is 14.2. The number of hydrogen-bond donors (Lipinski definition) is 1. The molecule has 1 saturated carbocycles. The predicted octanol–water partition coefficient (Wildman–Crippen LogP) is 3.17. The fraction of sp³-hybridized carbons (Fsp3) is 0.591. The predicted molar refractivity (Wildman–Crippen MR) is 114 cm³/mol. The maximum absolute atomic E-state index is 12.9. The summed E-state index contributed by atoms with van der Waals surface area (Å²) < 4.78 is 1.53. The SMILES string of the molecule is O=C(N[C@@H]1CN2CCC1CC2)c1ccc(=O)n(-c2ncc(C3CCCCC3)s2)c1. The van der Waals surface area contributed by atoms with Gasteiger partial charge >= 0.3 is 0 Å². The summed E-state index contributed by atoms with van der Waals surface area (Å²) in [7, 11) is 0. The minimum absolute atomic E-state index is 0.0958. The second-order valence-corrected chi connectivity index (χ2v) is 9.76. The van der Waals surface area contributed by atoms with Crippen LogP contribution in [-0.2, 0) is 0 Å². The van der Waals surface area contributed by atoms with Crippen molar-refractivity contribution in [3.63, 3.8) is 0 Å². The molecular weight excluding hydrogens is 384 g/mol. The minimum Gasteiger partial charge on any atom is -0.348 e. The van der Waals surface area contributed by atoms with Gasteiger partial charge in [-0.2, -0.15) is 0 Å². The van der Waals surface area contributed by atoms with Crippen LogP contribution in [0.3, 0.4) is 0 Å². The second-order valence-electron chi connectivity index (χ2n) is 8.72. The van der Waals surface area contributed by atoms with Crippen LogP contribution >= 0.6 is 11.3 Å². The van der Waals surface area contributed by atoms with Gasteiger partial charge in [0.15, 0.2) is 5.13 Å². The van der Waals surface area contributed by atoms with Gasteiger partial charge < -0.3 is 10.2 Å². The summed E-state index contributed by atoms with van der Waals surface area (Å²) in [5.41, 5.74) is 0.379. The summed E-state index contributed by atoms with van der Waals surface area (Å²) >= 11 is 1.59. The van der Waals surface area contributed by atoms with Crippen molar-refractivity contribution in [1.82, 2.24) is 19.8 Å². The number of nitrogens with zero attached hydrogens (tertiary/aromatic N) is 3. The molecule has 1 amide bonds. The van der Waals surface area contributed by atoms with Crippen LogP contribution in [0.2, 0.25) is 0 Å². The molecule has 29 heavy (non-hydrogen) atoms. The van der Waals surface area contributed by atoms with Gasteiger partial charge in [0.1, 0.15) is 0 Å². The van der Waals surface area contributed by atoms with Crippen molar-refractivity contribution in [2.24, 2.45) is 5.92 Å². The van der Waals surface area contributed by atoms with Crippen LogP contribution in [-0.4, -0.2) is 46.0 Å². The Morgan fingerprint density at radius 1 is 1.10 bits per heavy atom. The lowest BCUT2D eigenvalue weighted by Gasteiger charge is -2.44. The summed E-state index contributed by atoms with van der Waals surface area (Å²) in [4.78, 5) is 33.5. The minimum atomic E-state index is -0.145. The standard InChI is InChI=1S/C22H28N4O2S/c27-20-7-6-17(21(28)24-18-14-25-10-8-15(18)9-11-25)13-26(20)22-23-12-19(29-22)16-4-2-1-3-5-16/h6-7,12-13,15-16,18H,1-5,8-11,14H2,(H,24,28)/t18-/m1/s1. The number of carbonyl (C=O) groups excluding carboxylic acids is 1. The second kappa shape index (κ2) is 8.03. The number of thiazole rings is 1. The highest BCUT2D eigenvalue weighted by Gasteiger charge is 2.35. The monoisotopic (exact) mass is 412 g/mol. The number of pyridine rings is 1. The van der Waals surface area contributed by atoms with Crippen molar-refractivity contribution in [3.05, 3.63) is 45.3 Å². The molecule has 4 fully saturated rings. The highest BCUT2D eigenvalue weighted by Crippen LogP contribution is 2.36. The van der Waals surface area contributed by atoms with Crippen molar-refractivity contribution >= 4 is 17.2 Å². The van der Waals surface area contributed by atoms with Crippen LogP contribution in [0.15, 0.2) is 29.3 Å². The fourth-order valence-electron chi connectivity index (χ4n) is 5.12. The first-order valence-corrected chi connectivity index (χ1v) is 11.7. The Morgan fingerprint density at radius 2 is 1.90 bits per heavy atom. The maximum Gasteiger partial charge on any atom is 0.256 e. The summed E-state index contributed by atoms with van der Waals surface area (Å²) in [6.45, 7) is 3.23. The molecule has 2 aromatic rings. The van der Waals surface area contributed by atoms with E-state index in [0.717, 1.165) is 32.5 Å². The molecule has 2 bridgehead atoms. The topological polar surface area (TPSA) is 67.2 Å². The number of piperidine rings is 3. The molecule has 3 saturated heterocycles. The van der Waals surface area contributed by atoms with Crippen LogP contribution in [0.5, 0.6) is 0 Å². The third-order valence-corrected chi connectivity index (χ3v) is 8.03. The molecule has 1 aliphatic carbocycles. The zero-order chi connectivity index (χ0) is 19.8. The number of fused-ring (bicyclic) bond motifs is 3. The van der Waals surface area contributed by atoms with Gasteiger partial charge in [-0.25, -0.2) is 4.98 Å². The lowest BCUT2D eigenvalue weighted by molar-refractivity contribution is 0.0620. The number of nitrogens with one attached hydrogen (secondary N) is 1. The van der Waals surface area contributed by atoms with Gasteiger partial charge in [-0.05, 0) is 56.7 Å². The van der Waals surface area contributed by atoms with Gasteiger partial charge in [0, 0.05) is 35.9 Å². The molecule has 0 radical (unpaired) electrons. The van der Waals surface area contributed by atoms with Gasteiger partial charge in [0.05, 0.1) is 5.56 Å². The van der Waals surface area contributed by atoms with Crippen molar-refractivity contribution in [2.75, 3.05) is 19.6 Å². The molecule has 0 unspecified atom stereocenters. The van der Waals surface area contributed by atoms with Crippen LogP contribution in [0.4, 0.5) is 0 Å². The molecule has 4 aliphatic rings. The molecular formula is C22H28N4O2S. The highest BCUT2D eigenvalue weighted by molar-refractivity contribution is 7.14. The molecule has 2 aromatic heterocycles. The van der Waals surface area contributed by atoms with E-state index in [4.69, 9.17) is 0 Å². The van der Waals surface area contributed by atoms with Gasteiger partial charge in [0.2, 0.25) is 0 Å². The third kappa shape index (κ3) is 3.90.